The highest BCUT2D eigenvalue weighted by Gasteiger charge is 2.22. The number of carbonyl (C=O) groups is 3. The lowest BCUT2D eigenvalue weighted by Gasteiger charge is -2.09. The number of nitrogens with one attached hydrogen (secondary N) is 1. The Bertz CT molecular complexity index is 6260. The van der Waals surface area contributed by atoms with E-state index in [4.69, 9.17) is 62.0 Å². The molecule has 0 aliphatic rings. The number of hydrogen-bond acceptors (Lipinski definition) is 16. The predicted octanol–water partition coefficient (Wildman–Crippen LogP) is 15.8. The van der Waals surface area contributed by atoms with Gasteiger partial charge in [-0.1, -0.05) is 127 Å². The highest BCUT2D eigenvalue weighted by molar-refractivity contribution is 6.05. The Morgan fingerprint density at radius 2 is 0.735 bits per heavy atom. The number of carbonyl (C=O) groups excluding carboxylic acids is 3. The number of anilines is 3. The van der Waals surface area contributed by atoms with Gasteiger partial charge < -0.3 is 66.2 Å². The van der Waals surface area contributed by atoms with Gasteiger partial charge in [0.2, 0.25) is 17.5 Å². The number of nitrogens with two attached hydrogens (primary N) is 4. The Kier molecular flexibility index (Phi) is 22.9. The van der Waals surface area contributed by atoms with E-state index in [0.29, 0.717) is 67.8 Å². The molecule has 0 unspecified atom stereocenters. The summed E-state index contributed by atoms with van der Waals surface area (Å²) in [5, 5.41) is 13.6. The van der Waals surface area contributed by atoms with Crippen LogP contribution in [0.2, 0.25) is 0 Å². The van der Waals surface area contributed by atoms with Crippen molar-refractivity contribution in [3.63, 3.8) is 0 Å². The third kappa shape index (κ3) is 17.4. The predicted molar refractivity (Wildman–Crippen MR) is 437 cm³/mol. The standard InChI is InChI=1S/C30H24N6O3.C30H24N6O2.C28H20N6O2/c1-32-26(30(38)33-14-15-37)17-20-6-5-7-22(16-20)36-18-25(27-28(31)34-19-35-29(27)36)21-10-12-24(13-11-21)39-23-8-3-2-4-9-23;1-32-26(30(37)35(2)3)17-20-8-7-9-22(16-20)36-18-25(27-28(31)33-19-34-29(27)36)21-12-14-24(15-13-21)38-23-10-5-4-6-11-23;1-31-24(27(30)35)15-18-6-5-7-20(14-18)34-16-23(25-26(29)32-17-33-28(25)34)19-10-12-22(13-11-19)36-21-8-3-2-4-9-21/h2-13,16-19,37H,14-15H2,(H,33,38)(H2,31,34,35);4-19H,2-3H3,(H2,31,33,34);2-17H,(H2,30,35)(H2,29,32,33)/b2*26-17-;24-15-. The zero-order chi connectivity index (χ0) is 78.9. The third-order valence-electron chi connectivity index (χ3n) is 17.5. The molecule has 6 aromatic heterocycles. The highest BCUT2D eigenvalue weighted by atomic mass is 16.5. The van der Waals surface area contributed by atoms with Crippen molar-refractivity contribution in [3.05, 3.63) is 342 Å². The van der Waals surface area contributed by atoms with Crippen molar-refractivity contribution in [2.45, 2.75) is 0 Å². The molecule has 113 heavy (non-hydrogen) atoms. The molecule has 0 aliphatic heterocycles. The molecule has 3 amide bonds. The number of nitrogen functional groups attached to an aromatic ring is 3. The molecule has 25 nitrogen and oxygen atoms in total. The first-order valence-corrected chi connectivity index (χ1v) is 34.9. The normalized spacial score (nSPS) is 11.2. The molecule has 0 radical (unpaired) electrons. The maximum absolute atomic E-state index is 12.3. The monoisotopic (exact) mass is 1490 g/mol. The van der Waals surface area contributed by atoms with Crippen LogP contribution in [0.25, 0.3) is 116 Å². The van der Waals surface area contributed by atoms with Gasteiger partial charge in [-0.2, -0.15) is 0 Å². The largest absolute Gasteiger partial charge is 0.457 e. The Balaban J connectivity index is 0.000000148. The summed E-state index contributed by atoms with van der Waals surface area (Å²) in [4.78, 5) is 73.5. The van der Waals surface area contributed by atoms with Crippen LogP contribution in [0.15, 0.2) is 291 Å². The van der Waals surface area contributed by atoms with E-state index in [9.17, 15) is 14.4 Å². The molecule has 0 spiro atoms. The van der Waals surface area contributed by atoms with E-state index in [1.807, 2.05) is 257 Å². The molecule has 552 valence electrons. The summed E-state index contributed by atoms with van der Waals surface area (Å²) in [6.07, 6.45) is 14.7. The summed E-state index contributed by atoms with van der Waals surface area (Å²) in [6, 6.07) is 74.2. The number of hydrogen-bond donors (Lipinski definition) is 6. The van der Waals surface area contributed by atoms with Crippen LogP contribution in [0, 0.1) is 19.7 Å². The maximum Gasteiger partial charge on any atom is 0.252 e. The van der Waals surface area contributed by atoms with E-state index in [1.54, 1.807) is 32.3 Å². The van der Waals surface area contributed by atoms with Gasteiger partial charge in [-0.15, -0.1) is 0 Å². The van der Waals surface area contributed by atoms with Crippen molar-refractivity contribution in [3.8, 4) is 84.9 Å². The van der Waals surface area contributed by atoms with Crippen LogP contribution < -0.4 is 42.5 Å². The average molecular weight is 1490 g/mol. The van der Waals surface area contributed by atoms with Gasteiger partial charge in [0.25, 0.3) is 17.3 Å². The number of likely N-dealkylation sites (N-methyl/N-ethyl adjacent to an activating group) is 1. The Morgan fingerprint density at radius 1 is 0.425 bits per heavy atom. The van der Waals surface area contributed by atoms with Gasteiger partial charge in [-0.3, -0.25) is 14.4 Å². The quantitative estimate of drug-likeness (QED) is 0.0305. The average Bonchev–Trinajstić information content (AvgIpc) is 1.63. The lowest BCUT2D eigenvalue weighted by Crippen LogP contribution is -2.26. The lowest BCUT2D eigenvalue weighted by molar-refractivity contribution is -0.124. The molecule has 0 bridgehead atoms. The molecule has 0 fully saturated rings. The lowest BCUT2D eigenvalue weighted by atomic mass is 10.1. The molecular formula is C88H68N18O7. The Labute approximate surface area is 648 Å². The summed E-state index contributed by atoms with van der Waals surface area (Å²) >= 11 is 0. The summed E-state index contributed by atoms with van der Waals surface area (Å²) < 4.78 is 23.5. The molecular weight excluding hydrogens is 1420 g/mol. The summed E-state index contributed by atoms with van der Waals surface area (Å²) in [6.45, 7) is 21.9. The van der Waals surface area contributed by atoms with Gasteiger partial charge in [0.05, 0.1) is 42.5 Å². The van der Waals surface area contributed by atoms with Crippen molar-refractivity contribution in [2.24, 2.45) is 5.73 Å². The number of aliphatic hydroxyl groups excluding tert-OH is 1. The smallest absolute Gasteiger partial charge is 0.252 e. The summed E-state index contributed by atoms with van der Waals surface area (Å²) in [7, 11) is 3.24. The Hall–Kier alpha value is -16.3. The molecule has 0 aliphatic carbocycles. The van der Waals surface area contributed by atoms with Crippen LogP contribution in [0.5, 0.6) is 34.5 Å². The fourth-order valence-corrected chi connectivity index (χ4v) is 12.2. The molecule has 15 rings (SSSR count). The van der Waals surface area contributed by atoms with E-state index in [-0.39, 0.29) is 36.1 Å². The number of benzene rings is 9. The maximum atomic E-state index is 12.3. The van der Waals surface area contributed by atoms with Crippen LogP contribution in [0.1, 0.15) is 16.7 Å². The first kappa shape index (κ1) is 75.0. The second-order valence-corrected chi connectivity index (χ2v) is 25.2. The van der Waals surface area contributed by atoms with E-state index >= 15 is 0 Å². The number of ether oxygens (including phenoxy) is 3. The molecule has 0 atom stereocenters. The number of para-hydroxylation sites is 3. The van der Waals surface area contributed by atoms with Crippen LogP contribution in [0.4, 0.5) is 17.5 Å². The van der Waals surface area contributed by atoms with Crippen molar-refractivity contribution in [2.75, 3.05) is 44.4 Å². The van der Waals surface area contributed by atoms with Crippen LogP contribution in [0.3, 0.4) is 0 Å². The van der Waals surface area contributed by atoms with E-state index in [2.05, 4.69) is 49.8 Å². The molecule has 0 saturated heterocycles. The van der Waals surface area contributed by atoms with Crippen molar-refractivity contribution in [1.29, 1.82) is 0 Å². The minimum absolute atomic E-state index is 0.0367. The van der Waals surface area contributed by atoms with Gasteiger partial charge in [0.1, 0.15) is 70.9 Å². The molecule has 9 aromatic carbocycles. The summed E-state index contributed by atoms with van der Waals surface area (Å²) in [5.41, 5.74) is 35.6. The zero-order valence-electron chi connectivity index (χ0n) is 60.6. The SMILES string of the molecule is [C-]#[N+]/C(=C\c1cccc(-n2cc(-c3ccc(Oc4ccccc4)cc3)c3c(N)ncnc32)c1)C(=O)N(C)C.[C-]#[N+]/C(=C\c1cccc(-n2cc(-c3ccc(Oc4ccccc4)cc3)c3c(N)ncnc32)c1)C(=O)NCCO.[C-]#[N+]/C(=C\c1cccc(-n2cc(-c3ccc(Oc4ccccc4)cc3)c3c(N)ncnc32)c1)C(N)=O. The molecule has 15 aromatic rings. The number of aromatic nitrogens is 9. The van der Waals surface area contributed by atoms with Gasteiger partial charge in [0, 0.05) is 73.0 Å². The molecule has 6 heterocycles. The number of aliphatic hydroxyl groups is 1. The molecule has 0 saturated carbocycles. The minimum atomic E-state index is -0.774. The van der Waals surface area contributed by atoms with Crippen molar-refractivity contribution in [1.82, 2.24) is 53.8 Å². The topological polar surface area (TPSA) is 324 Å². The highest BCUT2D eigenvalue weighted by Crippen LogP contribution is 2.40. The number of rotatable bonds is 20. The van der Waals surface area contributed by atoms with Gasteiger partial charge in [-0.05, 0) is 161 Å². The van der Waals surface area contributed by atoms with Gasteiger partial charge in [-0.25, -0.2) is 44.4 Å². The number of nitrogens with zero attached hydrogens (tertiary/aromatic N) is 13. The minimum Gasteiger partial charge on any atom is -0.457 e. The third-order valence-corrected chi connectivity index (χ3v) is 17.5. The van der Waals surface area contributed by atoms with E-state index in [0.717, 1.165) is 84.4 Å². The fourth-order valence-electron chi connectivity index (χ4n) is 12.2. The van der Waals surface area contributed by atoms with E-state index in [1.165, 1.54) is 36.0 Å². The second kappa shape index (κ2) is 34.5. The van der Waals surface area contributed by atoms with Crippen molar-refractivity contribution >= 4 is 86.5 Å². The molecule has 10 N–H and O–H groups in total. The first-order chi connectivity index (χ1) is 55.0. The van der Waals surface area contributed by atoms with E-state index < -0.39 is 11.8 Å². The Morgan fingerprint density at radius 3 is 1.04 bits per heavy atom. The van der Waals surface area contributed by atoms with Gasteiger partial charge in [0.15, 0.2) is 16.9 Å². The number of primary amides is 1. The second-order valence-electron chi connectivity index (χ2n) is 25.2. The van der Waals surface area contributed by atoms with Crippen LogP contribution in [-0.4, -0.2) is 98.6 Å². The van der Waals surface area contributed by atoms with Crippen LogP contribution in [-0.2, 0) is 14.4 Å². The zero-order valence-corrected chi connectivity index (χ0v) is 60.6. The van der Waals surface area contributed by atoms with Crippen molar-refractivity contribution < 1.29 is 33.7 Å². The van der Waals surface area contributed by atoms with Gasteiger partial charge >= 0.3 is 0 Å². The first-order valence-electron chi connectivity index (χ1n) is 34.9. The summed E-state index contributed by atoms with van der Waals surface area (Å²) in [5.74, 6) is 3.82. The van der Waals surface area contributed by atoms with Crippen LogP contribution >= 0.6 is 0 Å². The fraction of sp³-hybridized carbons (Fsp3) is 0.0455. The number of amides is 3. The number of fused-ring (bicyclic) bond motifs is 3. The molecule has 25 heteroatoms.